The molecular weight excluding hydrogens is 274 g/mol. The lowest BCUT2D eigenvalue weighted by Gasteiger charge is -2.15. The molecule has 0 aromatic heterocycles. The summed E-state index contributed by atoms with van der Waals surface area (Å²) in [5.74, 6) is -0.332. The molecular formula is C14H17N3O4. The van der Waals surface area contributed by atoms with Crippen molar-refractivity contribution in [3.05, 3.63) is 39.9 Å². The highest BCUT2D eigenvalue weighted by Gasteiger charge is 2.18. The average molecular weight is 291 g/mol. The molecule has 1 fully saturated rings. The number of nitro benzene ring substituents is 1. The first-order valence-corrected chi connectivity index (χ1v) is 6.84. The van der Waals surface area contributed by atoms with Gasteiger partial charge in [0.15, 0.2) is 0 Å². The molecule has 1 heterocycles. The van der Waals surface area contributed by atoms with Crippen LogP contribution in [-0.4, -0.2) is 41.3 Å². The van der Waals surface area contributed by atoms with Crippen molar-refractivity contribution in [1.29, 1.82) is 0 Å². The molecule has 1 aliphatic rings. The first-order valence-electron chi connectivity index (χ1n) is 6.84. The number of benzene rings is 1. The van der Waals surface area contributed by atoms with Crippen LogP contribution in [0.1, 0.15) is 18.4 Å². The van der Waals surface area contributed by atoms with Crippen LogP contribution in [0.2, 0.25) is 0 Å². The molecule has 1 saturated heterocycles. The van der Waals surface area contributed by atoms with Crippen LogP contribution in [0.25, 0.3) is 0 Å². The second kappa shape index (κ2) is 6.83. The highest BCUT2D eigenvalue weighted by Crippen LogP contribution is 2.12. The monoisotopic (exact) mass is 291 g/mol. The molecule has 7 heteroatoms. The number of carbonyl (C=O) groups is 2. The Morgan fingerprint density at radius 1 is 1.19 bits per heavy atom. The molecule has 0 aliphatic carbocycles. The van der Waals surface area contributed by atoms with Gasteiger partial charge < -0.3 is 10.2 Å². The van der Waals surface area contributed by atoms with Crippen LogP contribution in [-0.2, 0) is 16.0 Å². The SMILES string of the molecule is O=C(Cc1ccc([N+](=O)[O-])cc1)NCC(=O)N1CCCC1. The van der Waals surface area contributed by atoms with Crippen LogP contribution in [0.3, 0.4) is 0 Å². The molecule has 2 amide bonds. The van der Waals surface area contributed by atoms with E-state index in [1.54, 1.807) is 17.0 Å². The van der Waals surface area contributed by atoms with E-state index in [0.29, 0.717) is 5.56 Å². The van der Waals surface area contributed by atoms with E-state index >= 15 is 0 Å². The summed E-state index contributed by atoms with van der Waals surface area (Å²) >= 11 is 0. The predicted octanol–water partition coefficient (Wildman–Crippen LogP) is 0.876. The van der Waals surface area contributed by atoms with Gasteiger partial charge in [0.25, 0.3) is 5.69 Å². The molecule has 1 N–H and O–H groups in total. The van der Waals surface area contributed by atoms with Crippen molar-refractivity contribution in [3.8, 4) is 0 Å². The normalized spacial score (nSPS) is 14.0. The van der Waals surface area contributed by atoms with E-state index in [-0.39, 0.29) is 30.5 Å². The Labute approximate surface area is 122 Å². The molecule has 7 nitrogen and oxygen atoms in total. The molecule has 0 radical (unpaired) electrons. The van der Waals surface area contributed by atoms with Crippen molar-refractivity contribution < 1.29 is 14.5 Å². The van der Waals surface area contributed by atoms with E-state index < -0.39 is 4.92 Å². The summed E-state index contributed by atoms with van der Waals surface area (Å²) < 4.78 is 0. The van der Waals surface area contributed by atoms with Gasteiger partial charge in [0.2, 0.25) is 11.8 Å². The topological polar surface area (TPSA) is 92.5 Å². The number of rotatable bonds is 5. The van der Waals surface area contributed by atoms with E-state index in [0.717, 1.165) is 25.9 Å². The first-order chi connectivity index (χ1) is 10.1. The number of hydrogen-bond acceptors (Lipinski definition) is 4. The van der Waals surface area contributed by atoms with Gasteiger partial charge in [-0.05, 0) is 18.4 Å². The van der Waals surface area contributed by atoms with Gasteiger partial charge in [-0.2, -0.15) is 0 Å². The fourth-order valence-electron chi connectivity index (χ4n) is 2.24. The predicted molar refractivity (Wildman–Crippen MR) is 75.6 cm³/mol. The van der Waals surface area contributed by atoms with Gasteiger partial charge in [0.1, 0.15) is 0 Å². The molecule has 21 heavy (non-hydrogen) atoms. The lowest BCUT2D eigenvalue weighted by atomic mass is 10.1. The number of amides is 2. The second-order valence-corrected chi connectivity index (χ2v) is 4.96. The summed E-state index contributed by atoms with van der Waals surface area (Å²) in [6.07, 6.45) is 2.14. The molecule has 0 bridgehead atoms. The van der Waals surface area contributed by atoms with Crippen LogP contribution in [0.15, 0.2) is 24.3 Å². The maximum Gasteiger partial charge on any atom is 0.269 e. The minimum Gasteiger partial charge on any atom is -0.347 e. The first kappa shape index (κ1) is 15.0. The number of likely N-dealkylation sites (tertiary alicyclic amines) is 1. The lowest BCUT2D eigenvalue weighted by molar-refractivity contribution is -0.384. The maximum atomic E-state index is 11.8. The zero-order chi connectivity index (χ0) is 15.2. The number of non-ortho nitro benzene ring substituents is 1. The third kappa shape index (κ3) is 4.27. The zero-order valence-electron chi connectivity index (χ0n) is 11.6. The lowest BCUT2D eigenvalue weighted by Crippen LogP contribution is -2.39. The molecule has 112 valence electrons. The molecule has 2 rings (SSSR count). The van der Waals surface area contributed by atoms with Gasteiger partial charge in [0, 0.05) is 25.2 Å². The van der Waals surface area contributed by atoms with E-state index in [9.17, 15) is 19.7 Å². The standard InChI is InChI=1S/C14H17N3O4/c18-13(15-10-14(19)16-7-1-2-8-16)9-11-3-5-12(6-4-11)17(20)21/h3-6H,1-2,7-10H2,(H,15,18). The van der Waals surface area contributed by atoms with Crippen molar-refractivity contribution in [2.24, 2.45) is 0 Å². The van der Waals surface area contributed by atoms with Crippen molar-refractivity contribution in [3.63, 3.8) is 0 Å². The van der Waals surface area contributed by atoms with Crippen molar-refractivity contribution >= 4 is 17.5 Å². The third-order valence-electron chi connectivity index (χ3n) is 3.41. The number of nitro groups is 1. The number of nitrogens with zero attached hydrogens (tertiary/aromatic N) is 2. The molecule has 0 saturated carbocycles. The Kier molecular flexibility index (Phi) is 4.86. The summed E-state index contributed by atoms with van der Waals surface area (Å²) in [6.45, 7) is 1.53. The van der Waals surface area contributed by atoms with Crippen LogP contribution in [0.4, 0.5) is 5.69 Å². The smallest absolute Gasteiger partial charge is 0.269 e. The Morgan fingerprint density at radius 3 is 2.38 bits per heavy atom. The van der Waals surface area contributed by atoms with Crippen molar-refractivity contribution in [1.82, 2.24) is 10.2 Å². The molecule has 0 spiro atoms. The van der Waals surface area contributed by atoms with Crippen LogP contribution in [0, 0.1) is 10.1 Å². The highest BCUT2D eigenvalue weighted by atomic mass is 16.6. The van der Waals surface area contributed by atoms with E-state index in [2.05, 4.69) is 5.32 Å². The largest absolute Gasteiger partial charge is 0.347 e. The molecule has 1 aromatic rings. The fraction of sp³-hybridized carbons (Fsp3) is 0.429. The van der Waals surface area contributed by atoms with Crippen LogP contribution in [0.5, 0.6) is 0 Å². The second-order valence-electron chi connectivity index (χ2n) is 4.96. The van der Waals surface area contributed by atoms with Gasteiger partial charge in [-0.1, -0.05) is 12.1 Å². The van der Waals surface area contributed by atoms with Crippen molar-refractivity contribution in [2.75, 3.05) is 19.6 Å². The average Bonchev–Trinajstić information content (AvgIpc) is 2.99. The Morgan fingerprint density at radius 2 is 1.81 bits per heavy atom. The minimum absolute atomic E-state index is 0.00577. The minimum atomic E-state index is -0.488. The molecule has 1 aliphatic heterocycles. The summed E-state index contributed by atoms with van der Waals surface area (Å²) in [4.78, 5) is 35.3. The number of nitrogens with one attached hydrogen (secondary N) is 1. The maximum absolute atomic E-state index is 11.8. The Bertz CT molecular complexity index is 536. The Hall–Kier alpha value is -2.44. The summed E-state index contributed by atoms with van der Waals surface area (Å²) in [5.41, 5.74) is 0.662. The molecule has 0 unspecified atom stereocenters. The fourth-order valence-corrected chi connectivity index (χ4v) is 2.24. The van der Waals surface area contributed by atoms with Crippen molar-refractivity contribution in [2.45, 2.75) is 19.3 Å². The van der Waals surface area contributed by atoms with Crippen LogP contribution < -0.4 is 5.32 Å². The summed E-state index contributed by atoms with van der Waals surface area (Å²) in [5, 5.41) is 13.1. The summed E-state index contributed by atoms with van der Waals surface area (Å²) in [6, 6.07) is 5.80. The molecule has 1 aromatic carbocycles. The van der Waals surface area contributed by atoms with Gasteiger partial charge in [-0.25, -0.2) is 0 Å². The van der Waals surface area contributed by atoms with Gasteiger partial charge in [-0.15, -0.1) is 0 Å². The highest BCUT2D eigenvalue weighted by molar-refractivity contribution is 5.85. The van der Waals surface area contributed by atoms with Gasteiger partial charge in [0.05, 0.1) is 17.9 Å². The third-order valence-corrected chi connectivity index (χ3v) is 3.41. The van der Waals surface area contributed by atoms with E-state index in [1.165, 1.54) is 12.1 Å². The van der Waals surface area contributed by atoms with Crippen LogP contribution >= 0.6 is 0 Å². The quantitative estimate of drug-likeness (QED) is 0.643. The van der Waals surface area contributed by atoms with E-state index in [4.69, 9.17) is 0 Å². The van der Waals surface area contributed by atoms with Gasteiger partial charge in [-0.3, -0.25) is 19.7 Å². The van der Waals surface area contributed by atoms with Gasteiger partial charge >= 0.3 is 0 Å². The Balaban J connectivity index is 1.78. The summed E-state index contributed by atoms with van der Waals surface area (Å²) in [7, 11) is 0. The zero-order valence-corrected chi connectivity index (χ0v) is 11.6. The number of hydrogen-bond donors (Lipinski definition) is 1. The molecule has 0 atom stereocenters. The number of carbonyl (C=O) groups excluding carboxylic acids is 2. The van der Waals surface area contributed by atoms with E-state index in [1.807, 2.05) is 0 Å².